The lowest BCUT2D eigenvalue weighted by molar-refractivity contribution is 0.201. The molecule has 1 N–H and O–H groups in total. The molecule has 2 aromatic carbocycles. The third-order valence-corrected chi connectivity index (χ3v) is 7.40. The van der Waals surface area contributed by atoms with Crippen LogP contribution in [-0.2, 0) is 23.0 Å². The summed E-state index contributed by atoms with van der Waals surface area (Å²) in [5, 5.41) is 4.88. The first-order chi connectivity index (χ1) is 16.4. The second-order valence-electron chi connectivity index (χ2n) is 9.30. The predicted octanol–water partition coefficient (Wildman–Crippen LogP) is 4.35. The van der Waals surface area contributed by atoms with Crippen LogP contribution in [0.4, 0.5) is 0 Å². The third kappa shape index (κ3) is 6.78. The molecule has 0 unspecified atom stereocenters. The molecule has 0 radical (unpaired) electrons. The minimum Gasteiger partial charge on any atom is -0.303 e. The maximum absolute atomic E-state index is 11.9. The minimum absolute atomic E-state index is 0.198. The minimum atomic E-state index is -3.28. The first kappa shape index (κ1) is 24.6. The number of hydrogen-bond donors (Lipinski definition) is 1. The standard InChI is InChI=1S/C27H36N4O2S/c1-3-31-27(21-25(28-31)20-22-10-6-4-7-11-22)24-14-17-30(18-15-24)19-16-26(29-34(2,32)33)23-12-8-5-9-13-23/h4-13,21,24,26,29H,3,14-20H2,1-2H3/t26-/m0/s1. The molecule has 1 aromatic heterocycles. The number of aryl methyl sites for hydroxylation is 1. The number of piperidine rings is 1. The van der Waals surface area contributed by atoms with Gasteiger partial charge in [0.15, 0.2) is 0 Å². The zero-order chi connectivity index (χ0) is 24.0. The molecule has 7 heteroatoms. The lowest BCUT2D eigenvalue weighted by Gasteiger charge is -2.33. The molecular weight excluding hydrogens is 444 g/mol. The van der Waals surface area contributed by atoms with Crippen LogP contribution >= 0.6 is 0 Å². The van der Waals surface area contributed by atoms with Gasteiger partial charge in [-0.1, -0.05) is 60.7 Å². The molecule has 182 valence electrons. The Morgan fingerprint density at radius 3 is 2.29 bits per heavy atom. The molecule has 0 amide bonds. The fourth-order valence-electron chi connectivity index (χ4n) is 4.96. The van der Waals surface area contributed by atoms with Crippen LogP contribution in [0, 0.1) is 0 Å². The van der Waals surface area contributed by atoms with Crippen LogP contribution in [0.25, 0.3) is 0 Å². The zero-order valence-electron chi connectivity index (χ0n) is 20.2. The summed E-state index contributed by atoms with van der Waals surface area (Å²) in [5.41, 5.74) is 4.80. The molecule has 1 fully saturated rings. The molecule has 4 rings (SSSR count). The average Bonchev–Trinajstić information content (AvgIpc) is 3.25. The van der Waals surface area contributed by atoms with Crippen molar-refractivity contribution in [3.63, 3.8) is 0 Å². The van der Waals surface area contributed by atoms with Crippen molar-refractivity contribution in [2.75, 3.05) is 25.9 Å². The summed E-state index contributed by atoms with van der Waals surface area (Å²) in [6.07, 6.45) is 5.07. The van der Waals surface area contributed by atoms with Crippen molar-refractivity contribution in [3.05, 3.63) is 89.2 Å². The van der Waals surface area contributed by atoms with Crippen LogP contribution in [0.1, 0.15) is 60.7 Å². The Bertz CT molecular complexity index is 1140. The van der Waals surface area contributed by atoms with Crippen LogP contribution in [0.15, 0.2) is 66.7 Å². The van der Waals surface area contributed by atoms with Crippen LogP contribution in [0.2, 0.25) is 0 Å². The predicted molar refractivity (Wildman–Crippen MR) is 137 cm³/mol. The normalized spacial score (nSPS) is 16.5. The second kappa shape index (κ2) is 11.3. The summed E-state index contributed by atoms with van der Waals surface area (Å²) >= 11 is 0. The van der Waals surface area contributed by atoms with Crippen molar-refractivity contribution in [3.8, 4) is 0 Å². The van der Waals surface area contributed by atoms with Gasteiger partial charge < -0.3 is 4.90 Å². The molecule has 2 heterocycles. The molecular formula is C27H36N4O2S. The second-order valence-corrected chi connectivity index (χ2v) is 11.1. The van der Waals surface area contributed by atoms with Gasteiger partial charge in [0.2, 0.25) is 10.0 Å². The number of benzene rings is 2. The Kier molecular flexibility index (Phi) is 8.19. The topological polar surface area (TPSA) is 67.2 Å². The molecule has 1 aliphatic rings. The molecule has 0 saturated carbocycles. The van der Waals surface area contributed by atoms with Crippen LogP contribution in [0.3, 0.4) is 0 Å². The fourth-order valence-corrected chi connectivity index (χ4v) is 5.73. The molecule has 1 aliphatic heterocycles. The molecule has 1 atom stereocenters. The van der Waals surface area contributed by atoms with E-state index in [-0.39, 0.29) is 6.04 Å². The van der Waals surface area contributed by atoms with Crippen molar-refractivity contribution in [2.45, 2.75) is 51.1 Å². The first-order valence-corrected chi connectivity index (χ1v) is 14.2. The van der Waals surface area contributed by atoms with Crippen molar-refractivity contribution in [1.82, 2.24) is 19.4 Å². The van der Waals surface area contributed by atoms with E-state index < -0.39 is 10.0 Å². The van der Waals surface area contributed by atoms with Gasteiger partial charge in [-0.15, -0.1) is 0 Å². The van der Waals surface area contributed by atoms with Gasteiger partial charge in [0.05, 0.1) is 11.9 Å². The van der Waals surface area contributed by atoms with E-state index in [1.54, 1.807) is 0 Å². The van der Waals surface area contributed by atoms with Gasteiger partial charge in [0.1, 0.15) is 0 Å². The van der Waals surface area contributed by atoms with Gasteiger partial charge in [-0.25, -0.2) is 13.1 Å². The number of sulfonamides is 1. The van der Waals surface area contributed by atoms with E-state index in [0.29, 0.717) is 5.92 Å². The van der Waals surface area contributed by atoms with Crippen molar-refractivity contribution in [1.29, 1.82) is 0 Å². The number of nitrogens with one attached hydrogen (secondary N) is 1. The van der Waals surface area contributed by atoms with Gasteiger partial charge in [0, 0.05) is 30.6 Å². The highest BCUT2D eigenvalue weighted by Gasteiger charge is 2.25. The zero-order valence-corrected chi connectivity index (χ0v) is 21.0. The van der Waals surface area contributed by atoms with Crippen molar-refractivity contribution in [2.24, 2.45) is 0 Å². The summed E-state index contributed by atoms with van der Waals surface area (Å²) in [6, 6.07) is 22.5. The monoisotopic (exact) mass is 480 g/mol. The maximum atomic E-state index is 11.9. The van der Waals surface area contributed by atoms with E-state index in [1.165, 1.54) is 17.5 Å². The average molecular weight is 481 g/mol. The summed E-state index contributed by atoms with van der Waals surface area (Å²) in [7, 11) is -3.28. The Balaban J connectivity index is 1.35. The van der Waals surface area contributed by atoms with E-state index in [9.17, 15) is 8.42 Å². The summed E-state index contributed by atoms with van der Waals surface area (Å²) in [6.45, 7) is 5.97. The quantitative estimate of drug-likeness (QED) is 0.468. The van der Waals surface area contributed by atoms with E-state index in [4.69, 9.17) is 5.10 Å². The van der Waals surface area contributed by atoms with Gasteiger partial charge in [-0.05, 0) is 63.0 Å². The lowest BCUT2D eigenvalue weighted by Crippen LogP contribution is -2.36. The third-order valence-electron chi connectivity index (χ3n) is 6.69. The number of rotatable bonds is 10. The van der Waals surface area contributed by atoms with Crippen molar-refractivity contribution >= 4 is 10.0 Å². The lowest BCUT2D eigenvalue weighted by atomic mass is 9.92. The van der Waals surface area contributed by atoms with Gasteiger partial charge in [-0.2, -0.15) is 5.10 Å². The Labute approximate surface area is 204 Å². The first-order valence-electron chi connectivity index (χ1n) is 12.3. The highest BCUT2D eigenvalue weighted by atomic mass is 32.2. The molecule has 34 heavy (non-hydrogen) atoms. The molecule has 0 spiro atoms. The van der Waals surface area contributed by atoms with Gasteiger partial charge >= 0.3 is 0 Å². The van der Waals surface area contributed by atoms with Crippen LogP contribution in [0.5, 0.6) is 0 Å². The van der Waals surface area contributed by atoms with E-state index in [1.807, 2.05) is 36.4 Å². The smallest absolute Gasteiger partial charge is 0.209 e. The van der Waals surface area contributed by atoms with Gasteiger partial charge in [0.25, 0.3) is 0 Å². The molecule has 0 bridgehead atoms. The number of likely N-dealkylation sites (tertiary alicyclic amines) is 1. The largest absolute Gasteiger partial charge is 0.303 e. The summed E-state index contributed by atoms with van der Waals surface area (Å²) < 4.78 is 28.8. The van der Waals surface area contributed by atoms with Crippen LogP contribution in [-0.4, -0.2) is 49.0 Å². The van der Waals surface area contributed by atoms with E-state index in [0.717, 1.165) is 63.1 Å². The van der Waals surface area contributed by atoms with E-state index >= 15 is 0 Å². The Morgan fingerprint density at radius 1 is 1.03 bits per heavy atom. The molecule has 6 nitrogen and oxygen atoms in total. The highest BCUT2D eigenvalue weighted by molar-refractivity contribution is 7.88. The molecule has 1 saturated heterocycles. The van der Waals surface area contributed by atoms with Crippen LogP contribution < -0.4 is 4.72 Å². The van der Waals surface area contributed by atoms with Crippen molar-refractivity contribution < 1.29 is 8.42 Å². The number of nitrogens with zero attached hydrogens (tertiary/aromatic N) is 3. The Hall–Kier alpha value is -2.48. The fraction of sp³-hybridized carbons (Fsp3) is 0.444. The van der Waals surface area contributed by atoms with E-state index in [2.05, 4.69) is 51.6 Å². The maximum Gasteiger partial charge on any atom is 0.209 e. The highest BCUT2D eigenvalue weighted by Crippen LogP contribution is 2.30. The summed E-state index contributed by atoms with van der Waals surface area (Å²) in [4.78, 5) is 2.47. The summed E-state index contributed by atoms with van der Waals surface area (Å²) in [5.74, 6) is 0.521. The number of aromatic nitrogens is 2. The Morgan fingerprint density at radius 2 is 1.68 bits per heavy atom. The SMILES string of the molecule is CCn1nc(Cc2ccccc2)cc1C1CCN(CC[C@H](NS(C)(=O)=O)c2ccccc2)CC1. The molecule has 0 aliphatic carbocycles. The number of hydrogen-bond acceptors (Lipinski definition) is 4. The van der Waals surface area contributed by atoms with Gasteiger partial charge in [-0.3, -0.25) is 4.68 Å². The molecule has 3 aromatic rings.